The van der Waals surface area contributed by atoms with Crippen LogP contribution in [0, 0.1) is 5.92 Å². The van der Waals surface area contributed by atoms with E-state index in [1.165, 1.54) is 0 Å². The fraction of sp³-hybridized carbons (Fsp3) is 0.833. The van der Waals surface area contributed by atoms with Gasteiger partial charge in [-0.1, -0.05) is 13.8 Å². The lowest BCUT2D eigenvalue weighted by Gasteiger charge is -2.33. The lowest BCUT2D eigenvalue weighted by molar-refractivity contribution is -0.135. The van der Waals surface area contributed by atoms with Gasteiger partial charge in [0.2, 0.25) is 11.8 Å². The topological polar surface area (TPSA) is 75.4 Å². The number of carbonyl (C=O) groups excluding carboxylic acids is 2. The molecule has 0 aromatic rings. The minimum absolute atomic E-state index is 0.0465. The molecule has 17 heavy (non-hydrogen) atoms. The number of nitrogens with two attached hydrogens (primary N) is 1. The zero-order valence-electron chi connectivity index (χ0n) is 10.9. The van der Waals surface area contributed by atoms with Crippen LogP contribution in [0.2, 0.25) is 0 Å². The van der Waals surface area contributed by atoms with Gasteiger partial charge in [0, 0.05) is 25.0 Å². The van der Waals surface area contributed by atoms with E-state index in [0.29, 0.717) is 0 Å². The number of rotatable bonds is 3. The molecule has 1 fully saturated rings. The zero-order valence-corrected chi connectivity index (χ0v) is 10.9. The Labute approximate surface area is 103 Å². The predicted molar refractivity (Wildman–Crippen MR) is 66.2 cm³/mol. The van der Waals surface area contributed by atoms with Gasteiger partial charge in [0.15, 0.2) is 0 Å². The second kappa shape index (κ2) is 6.00. The molecular weight excluding hydrogens is 218 g/mol. The molecule has 1 aliphatic heterocycles. The average molecular weight is 241 g/mol. The van der Waals surface area contributed by atoms with Gasteiger partial charge in [-0.3, -0.25) is 9.59 Å². The second-order valence-electron chi connectivity index (χ2n) is 5.05. The molecule has 2 amide bonds. The first kappa shape index (κ1) is 14.0. The van der Waals surface area contributed by atoms with Crippen molar-refractivity contribution in [1.29, 1.82) is 0 Å². The third-order valence-electron chi connectivity index (χ3n) is 3.06. The number of nitrogens with zero attached hydrogens (tertiary/aromatic N) is 1. The Morgan fingerprint density at radius 1 is 1.24 bits per heavy atom. The summed E-state index contributed by atoms with van der Waals surface area (Å²) in [7, 11) is 0. The number of nitrogens with one attached hydrogen (secondary N) is 1. The number of amides is 2. The Hall–Kier alpha value is -1.10. The highest BCUT2D eigenvalue weighted by atomic mass is 16.2. The van der Waals surface area contributed by atoms with Crippen LogP contribution in [0.5, 0.6) is 0 Å². The summed E-state index contributed by atoms with van der Waals surface area (Å²) in [5.41, 5.74) is 5.49. The summed E-state index contributed by atoms with van der Waals surface area (Å²) >= 11 is 0. The molecule has 3 N–H and O–H groups in total. The molecule has 1 heterocycles. The number of carbonyl (C=O) groups is 2. The summed E-state index contributed by atoms with van der Waals surface area (Å²) in [6.45, 7) is 6.94. The lowest BCUT2D eigenvalue weighted by Crippen LogP contribution is -2.50. The molecule has 1 aliphatic rings. The maximum absolute atomic E-state index is 11.8. The molecule has 0 saturated carbocycles. The van der Waals surface area contributed by atoms with Crippen LogP contribution < -0.4 is 11.1 Å². The Balaban J connectivity index is 2.36. The fourth-order valence-corrected chi connectivity index (χ4v) is 1.94. The van der Waals surface area contributed by atoms with Gasteiger partial charge in [0.25, 0.3) is 0 Å². The van der Waals surface area contributed by atoms with Crippen molar-refractivity contribution in [3.05, 3.63) is 0 Å². The molecule has 1 rings (SSSR count). The molecule has 0 spiro atoms. The second-order valence-corrected chi connectivity index (χ2v) is 5.05. The molecular formula is C12H23N3O2. The minimum Gasteiger partial charge on any atom is -0.352 e. The van der Waals surface area contributed by atoms with Crippen LogP contribution >= 0.6 is 0 Å². The quantitative estimate of drug-likeness (QED) is 0.735. The van der Waals surface area contributed by atoms with Gasteiger partial charge in [0.05, 0.1) is 6.04 Å². The third kappa shape index (κ3) is 4.00. The SMILES string of the molecule is CC(C)C(=O)N1CCC(NC(=O)C(C)N)CC1. The van der Waals surface area contributed by atoms with Gasteiger partial charge in [0.1, 0.15) is 0 Å². The lowest BCUT2D eigenvalue weighted by atomic mass is 10.0. The van der Waals surface area contributed by atoms with E-state index >= 15 is 0 Å². The van der Waals surface area contributed by atoms with Crippen LogP contribution in [0.15, 0.2) is 0 Å². The summed E-state index contributed by atoms with van der Waals surface area (Å²) in [4.78, 5) is 25.0. The predicted octanol–water partition coefficient (Wildman–Crippen LogP) is 0.0968. The number of hydrogen-bond acceptors (Lipinski definition) is 3. The van der Waals surface area contributed by atoms with Crippen molar-refractivity contribution in [2.45, 2.75) is 45.7 Å². The van der Waals surface area contributed by atoms with Crippen molar-refractivity contribution in [3.8, 4) is 0 Å². The van der Waals surface area contributed by atoms with Crippen LogP contribution in [0.4, 0.5) is 0 Å². The Bertz CT molecular complexity index is 281. The Morgan fingerprint density at radius 3 is 2.18 bits per heavy atom. The third-order valence-corrected chi connectivity index (χ3v) is 3.06. The number of piperidine rings is 1. The molecule has 0 bridgehead atoms. The Kier molecular flexibility index (Phi) is 4.93. The van der Waals surface area contributed by atoms with Crippen LogP contribution in [0.1, 0.15) is 33.6 Å². The molecule has 1 saturated heterocycles. The largest absolute Gasteiger partial charge is 0.352 e. The highest BCUT2D eigenvalue weighted by molar-refractivity contribution is 5.81. The van der Waals surface area contributed by atoms with Gasteiger partial charge in [-0.25, -0.2) is 0 Å². The molecule has 0 aliphatic carbocycles. The van der Waals surface area contributed by atoms with Crippen molar-refractivity contribution in [2.24, 2.45) is 11.7 Å². The number of hydrogen-bond donors (Lipinski definition) is 2. The first-order valence-electron chi connectivity index (χ1n) is 6.26. The van der Waals surface area contributed by atoms with Gasteiger partial charge in [-0.15, -0.1) is 0 Å². The highest BCUT2D eigenvalue weighted by Gasteiger charge is 2.25. The molecule has 0 aromatic heterocycles. The van der Waals surface area contributed by atoms with Crippen molar-refractivity contribution in [3.63, 3.8) is 0 Å². The van der Waals surface area contributed by atoms with Crippen LogP contribution in [0.25, 0.3) is 0 Å². The zero-order chi connectivity index (χ0) is 13.0. The maximum atomic E-state index is 11.8. The van der Waals surface area contributed by atoms with Crippen molar-refractivity contribution < 1.29 is 9.59 Å². The molecule has 1 unspecified atom stereocenters. The maximum Gasteiger partial charge on any atom is 0.236 e. The fourth-order valence-electron chi connectivity index (χ4n) is 1.94. The summed E-state index contributed by atoms with van der Waals surface area (Å²) < 4.78 is 0. The van der Waals surface area contributed by atoms with E-state index in [1.807, 2.05) is 18.7 Å². The first-order valence-corrected chi connectivity index (χ1v) is 6.26. The van der Waals surface area contributed by atoms with E-state index in [0.717, 1.165) is 25.9 Å². The van der Waals surface area contributed by atoms with Gasteiger partial charge in [-0.05, 0) is 19.8 Å². The van der Waals surface area contributed by atoms with E-state index in [9.17, 15) is 9.59 Å². The van der Waals surface area contributed by atoms with Crippen LogP contribution in [0.3, 0.4) is 0 Å². The van der Waals surface area contributed by atoms with E-state index in [2.05, 4.69) is 5.32 Å². The molecule has 1 atom stereocenters. The normalized spacial score (nSPS) is 19.2. The highest BCUT2D eigenvalue weighted by Crippen LogP contribution is 2.13. The standard InChI is InChI=1S/C12H23N3O2/c1-8(2)12(17)15-6-4-10(5-7-15)14-11(16)9(3)13/h8-10H,4-7,13H2,1-3H3,(H,14,16). The minimum atomic E-state index is -0.467. The molecule has 5 nitrogen and oxygen atoms in total. The molecule has 0 aromatic carbocycles. The van der Waals surface area contributed by atoms with Crippen molar-refractivity contribution >= 4 is 11.8 Å². The Morgan fingerprint density at radius 2 is 1.76 bits per heavy atom. The van der Waals surface area contributed by atoms with Crippen LogP contribution in [-0.2, 0) is 9.59 Å². The summed E-state index contributed by atoms with van der Waals surface area (Å²) in [6.07, 6.45) is 1.63. The van der Waals surface area contributed by atoms with Crippen LogP contribution in [-0.4, -0.2) is 41.9 Å². The summed E-state index contributed by atoms with van der Waals surface area (Å²) in [6, 6.07) is -0.310. The smallest absolute Gasteiger partial charge is 0.236 e. The average Bonchev–Trinajstić information content (AvgIpc) is 2.28. The first-order chi connectivity index (χ1) is 7.91. The van der Waals surface area contributed by atoms with Gasteiger partial charge >= 0.3 is 0 Å². The number of likely N-dealkylation sites (tertiary alicyclic amines) is 1. The van der Waals surface area contributed by atoms with E-state index < -0.39 is 6.04 Å². The summed E-state index contributed by atoms with van der Waals surface area (Å²) in [5, 5.41) is 2.91. The van der Waals surface area contributed by atoms with Gasteiger partial charge in [-0.2, -0.15) is 0 Å². The monoisotopic (exact) mass is 241 g/mol. The van der Waals surface area contributed by atoms with E-state index in [1.54, 1.807) is 6.92 Å². The molecule has 98 valence electrons. The van der Waals surface area contributed by atoms with Crippen molar-refractivity contribution in [1.82, 2.24) is 10.2 Å². The van der Waals surface area contributed by atoms with E-state index in [-0.39, 0.29) is 23.8 Å². The summed E-state index contributed by atoms with van der Waals surface area (Å²) in [5.74, 6) is 0.130. The van der Waals surface area contributed by atoms with Gasteiger partial charge < -0.3 is 16.0 Å². The van der Waals surface area contributed by atoms with Crippen molar-refractivity contribution in [2.75, 3.05) is 13.1 Å². The molecule has 0 radical (unpaired) electrons. The van der Waals surface area contributed by atoms with E-state index in [4.69, 9.17) is 5.73 Å². The molecule has 5 heteroatoms.